The van der Waals surface area contributed by atoms with Gasteiger partial charge in [-0.1, -0.05) is 23.7 Å². The summed E-state index contributed by atoms with van der Waals surface area (Å²) in [6.07, 6.45) is 0.519. The van der Waals surface area contributed by atoms with Crippen LogP contribution in [0.15, 0.2) is 48.7 Å². The number of carbonyl (C=O) groups excluding carboxylic acids is 1. The first-order valence-electron chi connectivity index (χ1n) is 9.06. The second-order valence-electron chi connectivity index (χ2n) is 7.13. The van der Waals surface area contributed by atoms with Crippen molar-refractivity contribution in [3.63, 3.8) is 0 Å². The zero-order valence-corrected chi connectivity index (χ0v) is 15.6. The summed E-state index contributed by atoms with van der Waals surface area (Å²) in [5.41, 5.74) is 1.24. The summed E-state index contributed by atoms with van der Waals surface area (Å²) < 4.78 is 40.1. The minimum Gasteiger partial charge on any atom is -0.349 e. The molecule has 1 saturated carbocycles. The topological polar surface area (TPSA) is 34.0 Å². The molecular weight excluding hydrogens is 389 g/mol. The Bertz CT molecular complexity index is 1020. The zero-order chi connectivity index (χ0) is 19.9. The molecule has 0 radical (unpaired) electrons. The van der Waals surface area contributed by atoms with E-state index in [0.717, 1.165) is 42.3 Å². The minimum absolute atomic E-state index is 0.176. The lowest BCUT2D eigenvalue weighted by atomic mass is 9.93. The molecule has 3 nitrogen and oxygen atoms in total. The fourth-order valence-electron chi connectivity index (χ4n) is 3.43. The van der Waals surface area contributed by atoms with Crippen molar-refractivity contribution >= 4 is 28.4 Å². The van der Waals surface area contributed by atoms with E-state index in [1.807, 2.05) is 16.8 Å². The Hall–Kier alpha value is -2.47. The van der Waals surface area contributed by atoms with E-state index in [4.69, 9.17) is 11.6 Å². The van der Waals surface area contributed by atoms with Crippen LogP contribution in [0.4, 0.5) is 13.2 Å². The Labute approximate surface area is 165 Å². The average molecular weight is 407 g/mol. The van der Waals surface area contributed by atoms with Crippen LogP contribution in [0.3, 0.4) is 0 Å². The maximum atomic E-state index is 12.8. The fraction of sp³-hybridized carbons (Fsp3) is 0.286. The summed E-state index contributed by atoms with van der Waals surface area (Å²) in [4.78, 5) is 12.8. The quantitative estimate of drug-likeness (QED) is 0.597. The summed E-state index contributed by atoms with van der Waals surface area (Å²) in [6, 6.07) is 10.5. The molecule has 0 unspecified atom stereocenters. The first-order chi connectivity index (χ1) is 13.3. The van der Waals surface area contributed by atoms with Crippen molar-refractivity contribution in [1.29, 1.82) is 0 Å². The Morgan fingerprint density at radius 2 is 1.86 bits per heavy atom. The predicted molar refractivity (Wildman–Crippen MR) is 103 cm³/mol. The van der Waals surface area contributed by atoms with E-state index in [0.29, 0.717) is 22.7 Å². The van der Waals surface area contributed by atoms with E-state index in [2.05, 4.69) is 5.32 Å². The van der Waals surface area contributed by atoms with E-state index in [9.17, 15) is 18.0 Å². The SMILES string of the molecule is O=C(NC1CCC1)c1cc(Cl)cc2ccn(Cc3ccc(C(F)(F)F)cc3)c12. The first kappa shape index (κ1) is 18.9. The molecule has 28 heavy (non-hydrogen) atoms. The number of benzene rings is 2. The summed E-state index contributed by atoms with van der Waals surface area (Å²) in [5, 5.41) is 4.31. The number of fused-ring (bicyclic) bond motifs is 1. The molecule has 7 heteroatoms. The molecule has 0 atom stereocenters. The number of hydrogen-bond donors (Lipinski definition) is 1. The number of amides is 1. The average Bonchev–Trinajstić information content (AvgIpc) is 2.99. The minimum atomic E-state index is -4.36. The van der Waals surface area contributed by atoms with Gasteiger partial charge in [0.25, 0.3) is 5.91 Å². The largest absolute Gasteiger partial charge is 0.416 e. The van der Waals surface area contributed by atoms with Crippen LogP contribution >= 0.6 is 11.6 Å². The third kappa shape index (κ3) is 3.74. The lowest BCUT2D eigenvalue weighted by Gasteiger charge is -2.26. The molecule has 1 aromatic heterocycles. The van der Waals surface area contributed by atoms with Crippen molar-refractivity contribution in [3.8, 4) is 0 Å². The van der Waals surface area contributed by atoms with Gasteiger partial charge < -0.3 is 9.88 Å². The molecule has 0 bridgehead atoms. The molecule has 146 valence electrons. The molecule has 1 aliphatic rings. The lowest BCUT2D eigenvalue weighted by Crippen LogP contribution is -2.39. The van der Waals surface area contributed by atoms with Crippen molar-refractivity contribution in [2.75, 3.05) is 0 Å². The third-order valence-corrected chi connectivity index (χ3v) is 5.36. The maximum Gasteiger partial charge on any atom is 0.416 e. The summed E-state index contributed by atoms with van der Waals surface area (Å²) in [6.45, 7) is 0.354. The van der Waals surface area contributed by atoms with Gasteiger partial charge in [-0.3, -0.25) is 4.79 Å². The van der Waals surface area contributed by atoms with Crippen LogP contribution < -0.4 is 5.32 Å². The number of carbonyl (C=O) groups is 1. The van der Waals surface area contributed by atoms with Gasteiger partial charge in [0.2, 0.25) is 0 Å². The van der Waals surface area contributed by atoms with Gasteiger partial charge in [-0.15, -0.1) is 0 Å². The fourth-order valence-corrected chi connectivity index (χ4v) is 3.66. The molecule has 1 fully saturated rings. The van der Waals surface area contributed by atoms with Crippen molar-refractivity contribution in [2.45, 2.75) is 38.0 Å². The van der Waals surface area contributed by atoms with Gasteiger partial charge in [-0.05, 0) is 55.2 Å². The van der Waals surface area contributed by atoms with E-state index < -0.39 is 11.7 Å². The molecule has 0 saturated heterocycles. The van der Waals surface area contributed by atoms with Gasteiger partial charge in [-0.2, -0.15) is 13.2 Å². The van der Waals surface area contributed by atoms with Crippen LogP contribution in [0.5, 0.6) is 0 Å². The highest BCUT2D eigenvalue weighted by molar-refractivity contribution is 6.32. The number of halogens is 4. The maximum absolute atomic E-state index is 12.8. The third-order valence-electron chi connectivity index (χ3n) is 5.14. The van der Waals surface area contributed by atoms with E-state index in [1.165, 1.54) is 12.1 Å². The molecule has 1 aliphatic carbocycles. The van der Waals surface area contributed by atoms with E-state index in [1.54, 1.807) is 12.1 Å². The van der Waals surface area contributed by atoms with Crippen LogP contribution in [0.25, 0.3) is 10.9 Å². The number of nitrogens with zero attached hydrogens (tertiary/aromatic N) is 1. The van der Waals surface area contributed by atoms with E-state index >= 15 is 0 Å². The smallest absolute Gasteiger partial charge is 0.349 e. The Morgan fingerprint density at radius 1 is 1.14 bits per heavy atom. The van der Waals surface area contributed by atoms with Gasteiger partial charge >= 0.3 is 6.18 Å². The second kappa shape index (κ2) is 7.17. The van der Waals surface area contributed by atoms with Crippen LogP contribution in [-0.2, 0) is 12.7 Å². The van der Waals surface area contributed by atoms with Gasteiger partial charge in [0.15, 0.2) is 0 Å². The molecule has 2 aromatic carbocycles. The van der Waals surface area contributed by atoms with Crippen molar-refractivity contribution in [3.05, 3.63) is 70.4 Å². The van der Waals surface area contributed by atoms with Gasteiger partial charge in [0.1, 0.15) is 0 Å². The monoisotopic (exact) mass is 406 g/mol. The number of rotatable bonds is 4. The summed E-state index contributed by atoms with van der Waals surface area (Å²) in [5.74, 6) is -0.176. The predicted octanol–water partition coefficient (Wildman–Crippen LogP) is 5.64. The molecule has 0 aliphatic heterocycles. The molecule has 1 N–H and O–H groups in total. The standard InChI is InChI=1S/C21H18ClF3N2O/c22-16-10-14-8-9-27(12-13-4-6-15(7-5-13)21(23,24)25)19(14)18(11-16)20(28)26-17-2-1-3-17/h4-11,17H,1-3,12H2,(H,26,28). The summed E-state index contributed by atoms with van der Waals surface area (Å²) >= 11 is 6.19. The molecule has 3 aromatic rings. The highest BCUT2D eigenvalue weighted by atomic mass is 35.5. The Balaban J connectivity index is 1.66. The van der Waals surface area contributed by atoms with Crippen LogP contribution in [0.1, 0.15) is 40.7 Å². The van der Waals surface area contributed by atoms with Gasteiger partial charge in [-0.25, -0.2) is 0 Å². The number of aromatic nitrogens is 1. The van der Waals surface area contributed by atoms with Crippen LogP contribution in [0.2, 0.25) is 5.02 Å². The Morgan fingerprint density at radius 3 is 2.46 bits per heavy atom. The molecule has 4 rings (SSSR count). The molecular formula is C21H18ClF3N2O. The first-order valence-corrected chi connectivity index (χ1v) is 9.44. The lowest BCUT2D eigenvalue weighted by molar-refractivity contribution is -0.137. The van der Waals surface area contributed by atoms with Gasteiger partial charge in [0, 0.05) is 29.2 Å². The summed E-state index contributed by atoms with van der Waals surface area (Å²) in [7, 11) is 0. The van der Waals surface area contributed by atoms with Crippen LogP contribution in [0, 0.1) is 0 Å². The molecule has 1 amide bonds. The normalized spacial score (nSPS) is 14.9. The van der Waals surface area contributed by atoms with Gasteiger partial charge in [0.05, 0.1) is 16.6 Å². The number of nitrogens with one attached hydrogen (secondary N) is 1. The van der Waals surface area contributed by atoms with E-state index in [-0.39, 0.29) is 11.9 Å². The van der Waals surface area contributed by atoms with Crippen molar-refractivity contribution in [1.82, 2.24) is 9.88 Å². The highest BCUT2D eigenvalue weighted by Crippen LogP contribution is 2.30. The second-order valence-corrected chi connectivity index (χ2v) is 7.57. The van der Waals surface area contributed by atoms with Crippen molar-refractivity contribution < 1.29 is 18.0 Å². The molecule has 0 spiro atoms. The highest BCUT2D eigenvalue weighted by Gasteiger charge is 2.30. The van der Waals surface area contributed by atoms with Crippen molar-refractivity contribution in [2.24, 2.45) is 0 Å². The number of hydrogen-bond acceptors (Lipinski definition) is 1. The van der Waals surface area contributed by atoms with Crippen LogP contribution in [-0.4, -0.2) is 16.5 Å². The number of alkyl halides is 3. The zero-order valence-electron chi connectivity index (χ0n) is 14.9. The molecule has 1 heterocycles. The Kier molecular flexibility index (Phi) is 4.83.